The molecular weight excluding hydrogens is 333 g/mol. The van der Waals surface area contributed by atoms with Crippen molar-refractivity contribution in [3.8, 4) is 0 Å². The molecule has 2 aromatic rings. The second kappa shape index (κ2) is 8.81. The molecule has 0 fully saturated rings. The lowest BCUT2D eigenvalue weighted by atomic mass is 9.80. The van der Waals surface area contributed by atoms with Gasteiger partial charge >= 0.3 is 6.09 Å². The van der Waals surface area contributed by atoms with Crippen LogP contribution in [-0.4, -0.2) is 23.4 Å². The molecule has 0 radical (unpaired) electrons. The third-order valence-electron chi connectivity index (χ3n) is 4.64. The molecule has 1 atom stereocenters. The Morgan fingerprint density at radius 3 is 2.50 bits per heavy atom. The SMILES string of the molecule is CC(C)(OC(N)=O)C(Cc1cccc(CCO)c1)Cc1ccccc1F. The molecule has 0 saturated carbocycles. The van der Waals surface area contributed by atoms with Gasteiger partial charge < -0.3 is 15.6 Å². The predicted molar refractivity (Wildman–Crippen MR) is 99.3 cm³/mol. The minimum atomic E-state index is -0.860. The van der Waals surface area contributed by atoms with E-state index in [0.29, 0.717) is 24.8 Å². The lowest BCUT2D eigenvalue weighted by Crippen LogP contribution is -2.40. The third kappa shape index (κ3) is 5.56. The van der Waals surface area contributed by atoms with Crippen molar-refractivity contribution in [2.24, 2.45) is 11.7 Å². The Hall–Kier alpha value is -2.40. The summed E-state index contributed by atoms with van der Waals surface area (Å²) in [5.74, 6) is -0.447. The van der Waals surface area contributed by atoms with E-state index in [-0.39, 0.29) is 18.3 Å². The Balaban J connectivity index is 2.29. The highest BCUT2D eigenvalue weighted by atomic mass is 19.1. The molecule has 0 saturated heterocycles. The van der Waals surface area contributed by atoms with E-state index < -0.39 is 11.7 Å². The maximum atomic E-state index is 14.1. The highest BCUT2D eigenvalue weighted by molar-refractivity contribution is 5.65. The molecule has 0 bridgehead atoms. The quantitative estimate of drug-likeness (QED) is 0.756. The topological polar surface area (TPSA) is 72.5 Å². The van der Waals surface area contributed by atoms with Gasteiger partial charge in [0.1, 0.15) is 11.4 Å². The number of carbonyl (C=O) groups is 1. The van der Waals surface area contributed by atoms with Crippen LogP contribution in [0, 0.1) is 11.7 Å². The number of amides is 1. The minimum Gasteiger partial charge on any atom is -0.443 e. The van der Waals surface area contributed by atoms with E-state index in [9.17, 15) is 9.18 Å². The van der Waals surface area contributed by atoms with Crippen molar-refractivity contribution in [1.29, 1.82) is 0 Å². The van der Waals surface area contributed by atoms with Crippen molar-refractivity contribution in [2.75, 3.05) is 6.61 Å². The van der Waals surface area contributed by atoms with Crippen LogP contribution in [0.25, 0.3) is 0 Å². The van der Waals surface area contributed by atoms with Crippen molar-refractivity contribution >= 4 is 6.09 Å². The summed E-state index contributed by atoms with van der Waals surface area (Å²) in [6.45, 7) is 3.67. The molecule has 0 spiro atoms. The van der Waals surface area contributed by atoms with Gasteiger partial charge in [-0.05, 0) is 55.9 Å². The number of aliphatic hydroxyl groups is 1. The molecule has 3 N–H and O–H groups in total. The van der Waals surface area contributed by atoms with Gasteiger partial charge in [-0.2, -0.15) is 0 Å². The van der Waals surface area contributed by atoms with E-state index in [1.165, 1.54) is 6.07 Å². The Labute approximate surface area is 153 Å². The highest BCUT2D eigenvalue weighted by Gasteiger charge is 2.33. The fourth-order valence-corrected chi connectivity index (χ4v) is 3.16. The van der Waals surface area contributed by atoms with E-state index in [1.807, 2.05) is 24.3 Å². The van der Waals surface area contributed by atoms with Gasteiger partial charge in [0.25, 0.3) is 0 Å². The Morgan fingerprint density at radius 1 is 1.15 bits per heavy atom. The van der Waals surface area contributed by atoms with Crippen molar-refractivity contribution in [2.45, 2.75) is 38.7 Å². The Kier molecular flexibility index (Phi) is 6.75. The van der Waals surface area contributed by atoms with E-state index in [0.717, 1.165) is 11.1 Å². The predicted octanol–water partition coefficient (Wildman–Crippen LogP) is 3.64. The van der Waals surface area contributed by atoms with Crippen LogP contribution in [0.3, 0.4) is 0 Å². The highest BCUT2D eigenvalue weighted by Crippen LogP contribution is 2.30. The number of hydrogen-bond donors (Lipinski definition) is 2. The first kappa shape index (κ1) is 19.9. The van der Waals surface area contributed by atoms with Gasteiger partial charge in [0.05, 0.1) is 0 Å². The van der Waals surface area contributed by atoms with Crippen LogP contribution in [-0.2, 0) is 24.0 Å². The zero-order chi connectivity index (χ0) is 19.2. The maximum absolute atomic E-state index is 14.1. The van der Waals surface area contributed by atoms with Crippen molar-refractivity contribution in [1.82, 2.24) is 0 Å². The molecule has 5 heteroatoms. The van der Waals surface area contributed by atoms with Crippen LogP contribution < -0.4 is 5.73 Å². The monoisotopic (exact) mass is 359 g/mol. The fraction of sp³-hybridized carbons (Fsp3) is 0.381. The van der Waals surface area contributed by atoms with Crippen LogP contribution in [0.2, 0.25) is 0 Å². The zero-order valence-electron chi connectivity index (χ0n) is 15.2. The number of primary amides is 1. The zero-order valence-corrected chi connectivity index (χ0v) is 15.2. The number of hydrogen-bond acceptors (Lipinski definition) is 3. The van der Waals surface area contributed by atoms with Gasteiger partial charge in [-0.1, -0.05) is 42.5 Å². The summed E-state index contributed by atoms with van der Waals surface area (Å²) >= 11 is 0. The van der Waals surface area contributed by atoms with Gasteiger partial charge in [-0.25, -0.2) is 9.18 Å². The Morgan fingerprint density at radius 2 is 1.85 bits per heavy atom. The lowest BCUT2D eigenvalue weighted by Gasteiger charge is -2.34. The number of aliphatic hydroxyl groups excluding tert-OH is 1. The number of halogens is 1. The normalized spacial score (nSPS) is 12.6. The number of ether oxygens (including phenoxy) is 1. The number of benzene rings is 2. The van der Waals surface area contributed by atoms with Crippen LogP contribution in [0.15, 0.2) is 48.5 Å². The third-order valence-corrected chi connectivity index (χ3v) is 4.64. The van der Waals surface area contributed by atoms with Gasteiger partial charge in [0.15, 0.2) is 0 Å². The summed E-state index contributed by atoms with van der Waals surface area (Å²) in [4.78, 5) is 11.3. The summed E-state index contributed by atoms with van der Waals surface area (Å²) in [5, 5.41) is 9.13. The standard InChI is InChI=1S/C21H26FNO3/c1-21(2,26-20(23)25)18(14-17-8-3-4-9-19(17)22)13-16-7-5-6-15(12-16)10-11-24/h3-9,12,18,24H,10-11,13-14H2,1-2H3,(H2,23,25). The number of carbonyl (C=O) groups excluding carboxylic acids is 1. The molecule has 1 amide bonds. The summed E-state index contributed by atoms with van der Waals surface area (Å²) < 4.78 is 19.5. The molecule has 0 heterocycles. The smallest absolute Gasteiger partial charge is 0.405 e. The number of rotatable bonds is 8. The summed E-state index contributed by atoms with van der Waals surface area (Å²) in [6, 6.07) is 14.5. The second-order valence-corrected chi connectivity index (χ2v) is 7.01. The molecule has 0 aromatic heterocycles. The van der Waals surface area contributed by atoms with E-state index in [4.69, 9.17) is 15.6 Å². The summed E-state index contributed by atoms with van der Waals surface area (Å²) in [5.41, 5.74) is 7.02. The molecule has 2 aromatic carbocycles. The first-order valence-electron chi connectivity index (χ1n) is 8.72. The average Bonchev–Trinajstić information content (AvgIpc) is 2.56. The molecule has 4 nitrogen and oxygen atoms in total. The van der Waals surface area contributed by atoms with Crippen molar-refractivity contribution in [3.05, 3.63) is 71.0 Å². The van der Waals surface area contributed by atoms with E-state index in [1.54, 1.807) is 32.0 Å². The average molecular weight is 359 g/mol. The largest absolute Gasteiger partial charge is 0.443 e. The Bertz CT molecular complexity index is 746. The summed E-state index contributed by atoms with van der Waals surface area (Å²) in [6.07, 6.45) is 0.737. The van der Waals surface area contributed by atoms with Crippen LogP contribution in [0.5, 0.6) is 0 Å². The van der Waals surface area contributed by atoms with Crippen molar-refractivity contribution < 1.29 is 19.0 Å². The van der Waals surface area contributed by atoms with E-state index in [2.05, 4.69) is 0 Å². The van der Waals surface area contributed by atoms with E-state index >= 15 is 0 Å². The van der Waals surface area contributed by atoms with Gasteiger partial charge in [0.2, 0.25) is 0 Å². The molecule has 2 rings (SSSR count). The van der Waals surface area contributed by atoms with Crippen LogP contribution >= 0.6 is 0 Å². The molecule has 0 aliphatic heterocycles. The number of nitrogens with two attached hydrogens (primary N) is 1. The molecular formula is C21H26FNO3. The second-order valence-electron chi connectivity index (χ2n) is 7.01. The van der Waals surface area contributed by atoms with Crippen molar-refractivity contribution in [3.63, 3.8) is 0 Å². The first-order chi connectivity index (χ1) is 12.3. The molecule has 1 unspecified atom stereocenters. The maximum Gasteiger partial charge on any atom is 0.405 e. The molecule has 0 aliphatic carbocycles. The van der Waals surface area contributed by atoms with Crippen LogP contribution in [0.1, 0.15) is 30.5 Å². The molecule has 140 valence electrons. The molecule has 26 heavy (non-hydrogen) atoms. The fourth-order valence-electron chi connectivity index (χ4n) is 3.16. The summed E-state index contributed by atoms with van der Waals surface area (Å²) in [7, 11) is 0. The van der Waals surface area contributed by atoms with Gasteiger partial charge in [-0.15, -0.1) is 0 Å². The first-order valence-corrected chi connectivity index (χ1v) is 8.72. The molecule has 0 aliphatic rings. The van der Waals surface area contributed by atoms with Crippen LogP contribution in [0.4, 0.5) is 9.18 Å². The van der Waals surface area contributed by atoms with Gasteiger partial charge in [0, 0.05) is 12.5 Å². The lowest BCUT2D eigenvalue weighted by molar-refractivity contribution is -0.00163. The minimum absolute atomic E-state index is 0.0817. The van der Waals surface area contributed by atoms with Gasteiger partial charge in [-0.3, -0.25) is 0 Å².